The molecule has 3 heterocycles. The first-order valence-electron chi connectivity index (χ1n) is 9.13. The Morgan fingerprint density at radius 3 is 2.89 bits per heavy atom. The van der Waals surface area contributed by atoms with Crippen molar-refractivity contribution in [2.45, 2.75) is 32.4 Å². The Hall–Kier alpha value is -3.00. The van der Waals surface area contributed by atoms with Crippen LogP contribution in [0.1, 0.15) is 36.2 Å². The second kappa shape index (κ2) is 6.62. The van der Waals surface area contributed by atoms with Gasteiger partial charge < -0.3 is 20.1 Å². The van der Waals surface area contributed by atoms with Crippen molar-refractivity contribution in [2.75, 3.05) is 13.7 Å². The second-order valence-electron chi connectivity index (χ2n) is 6.83. The molecule has 1 aromatic carbocycles. The fourth-order valence-electron chi connectivity index (χ4n) is 3.97. The number of methoxy groups -OCH3 is 1. The van der Waals surface area contributed by atoms with E-state index in [4.69, 9.17) is 4.74 Å². The third-order valence-electron chi connectivity index (χ3n) is 5.22. The Balaban J connectivity index is 1.92. The van der Waals surface area contributed by atoms with E-state index in [9.17, 15) is 14.7 Å². The summed E-state index contributed by atoms with van der Waals surface area (Å²) in [5, 5.41) is 13.8. The highest BCUT2D eigenvalue weighted by molar-refractivity contribution is 5.86. The van der Waals surface area contributed by atoms with Gasteiger partial charge in [0.05, 0.1) is 19.3 Å². The van der Waals surface area contributed by atoms with E-state index >= 15 is 0 Å². The molecule has 0 spiro atoms. The summed E-state index contributed by atoms with van der Waals surface area (Å²) in [7, 11) is 1.63. The highest BCUT2D eigenvalue weighted by Gasteiger charge is 2.34. The van der Waals surface area contributed by atoms with Gasteiger partial charge in [-0.1, -0.05) is 6.92 Å². The lowest BCUT2D eigenvalue weighted by Gasteiger charge is -2.22. The number of hydrogen-bond donors (Lipinski definition) is 4. The Morgan fingerprint density at radius 2 is 2.15 bits per heavy atom. The standard InChI is InChI=1S/C19H22N4O4/c1-3-8-23-18(25)14(17(24)22-19(23)26)16-15-11(6-7-20-16)12-9-10(27-2)4-5-13(12)21-15/h4-5,9,16,20-21,25H,3,6-8H2,1-2H3,(H,22,24,26)/p+1/t16-/m1/s1. The van der Waals surface area contributed by atoms with Gasteiger partial charge in [-0.05, 0) is 30.2 Å². The molecule has 142 valence electrons. The maximum Gasteiger partial charge on any atom is 0.331 e. The summed E-state index contributed by atoms with van der Waals surface area (Å²) >= 11 is 0. The van der Waals surface area contributed by atoms with Crippen LogP contribution in [-0.2, 0) is 13.0 Å². The predicted octanol–water partition coefficient (Wildman–Crippen LogP) is 0.351. The van der Waals surface area contributed by atoms with Gasteiger partial charge in [0.15, 0.2) is 6.04 Å². The Labute approximate surface area is 154 Å². The summed E-state index contributed by atoms with van der Waals surface area (Å²) < 4.78 is 6.56. The summed E-state index contributed by atoms with van der Waals surface area (Å²) in [4.78, 5) is 30.4. The predicted molar refractivity (Wildman–Crippen MR) is 100 cm³/mol. The number of aromatic nitrogens is 3. The van der Waals surface area contributed by atoms with Crippen LogP contribution in [-0.4, -0.2) is 33.3 Å². The Kier molecular flexibility index (Phi) is 4.27. The topological polar surface area (TPSA) is 117 Å². The number of hydrogen-bond acceptors (Lipinski definition) is 4. The fourth-order valence-corrected chi connectivity index (χ4v) is 3.97. The van der Waals surface area contributed by atoms with Gasteiger partial charge in [-0.25, -0.2) is 4.79 Å². The quantitative estimate of drug-likeness (QED) is 0.529. The highest BCUT2D eigenvalue weighted by atomic mass is 16.5. The molecule has 0 saturated carbocycles. The monoisotopic (exact) mass is 371 g/mol. The summed E-state index contributed by atoms with van der Waals surface area (Å²) in [6, 6.07) is 5.41. The van der Waals surface area contributed by atoms with Crippen LogP contribution in [0.5, 0.6) is 11.6 Å². The molecular formula is C19H23N4O4+. The van der Waals surface area contributed by atoms with E-state index in [2.05, 4.69) is 9.97 Å². The normalized spacial score (nSPS) is 16.4. The number of rotatable bonds is 4. The molecule has 1 aliphatic heterocycles. The van der Waals surface area contributed by atoms with Gasteiger partial charge in [0, 0.05) is 23.9 Å². The smallest absolute Gasteiger partial charge is 0.331 e. The average molecular weight is 371 g/mol. The first kappa shape index (κ1) is 17.4. The molecule has 3 aromatic rings. The van der Waals surface area contributed by atoms with E-state index in [1.807, 2.05) is 30.4 Å². The lowest BCUT2D eigenvalue weighted by Crippen LogP contribution is -2.87. The van der Waals surface area contributed by atoms with Gasteiger partial charge in [0.1, 0.15) is 11.3 Å². The average Bonchev–Trinajstić information content (AvgIpc) is 3.03. The van der Waals surface area contributed by atoms with E-state index in [1.165, 1.54) is 4.57 Å². The highest BCUT2D eigenvalue weighted by Crippen LogP contribution is 2.33. The number of nitrogens with zero attached hydrogens (tertiary/aromatic N) is 1. The number of ether oxygens (including phenoxy) is 1. The minimum Gasteiger partial charge on any atom is -0.497 e. The molecule has 1 atom stereocenters. The van der Waals surface area contributed by atoms with Crippen LogP contribution >= 0.6 is 0 Å². The molecule has 0 bridgehead atoms. The maximum atomic E-state index is 12.6. The largest absolute Gasteiger partial charge is 0.497 e. The Morgan fingerprint density at radius 1 is 1.33 bits per heavy atom. The van der Waals surface area contributed by atoms with Crippen molar-refractivity contribution in [3.05, 3.63) is 55.9 Å². The molecule has 1 aliphatic rings. The third kappa shape index (κ3) is 2.73. The minimum absolute atomic E-state index is 0.211. The number of aromatic hydroxyl groups is 1. The molecule has 0 unspecified atom stereocenters. The molecule has 2 aromatic heterocycles. The number of aromatic amines is 2. The van der Waals surface area contributed by atoms with E-state index in [0.29, 0.717) is 13.0 Å². The van der Waals surface area contributed by atoms with Crippen molar-refractivity contribution >= 4 is 10.9 Å². The van der Waals surface area contributed by atoms with Crippen LogP contribution < -0.4 is 21.3 Å². The minimum atomic E-state index is -0.583. The van der Waals surface area contributed by atoms with Gasteiger partial charge in [-0.15, -0.1) is 0 Å². The third-order valence-corrected chi connectivity index (χ3v) is 5.22. The molecule has 0 aliphatic carbocycles. The zero-order valence-corrected chi connectivity index (χ0v) is 15.3. The lowest BCUT2D eigenvalue weighted by atomic mass is 9.95. The number of H-pyrrole nitrogens is 2. The molecule has 0 fully saturated rings. The maximum absolute atomic E-state index is 12.6. The first-order valence-corrected chi connectivity index (χ1v) is 9.13. The molecule has 0 saturated heterocycles. The van der Waals surface area contributed by atoms with Crippen molar-refractivity contribution in [3.8, 4) is 11.6 Å². The number of benzene rings is 1. The number of nitrogens with two attached hydrogens (primary N) is 1. The van der Waals surface area contributed by atoms with E-state index in [0.717, 1.165) is 40.9 Å². The van der Waals surface area contributed by atoms with E-state index in [-0.39, 0.29) is 11.4 Å². The molecule has 5 N–H and O–H groups in total. The number of fused-ring (bicyclic) bond motifs is 3. The van der Waals surface area contributed by atoms with Crippen molar-refractivity contribution in [1.82, 2.24) is 14.5 Å². The van der Waals surface area contributed by atoms with Crippen molar-refractivity contribution in [2.24, 2.45) is 0 Å². The van der Waals surface area contributed by atoms with Crippen molar-refractivity contribution in [3.63, 3.8) is 0 Å². The van der Waals surface area contributed by atoms with Gasteiger partial charge in [0.25, 0.3) is 5.56 Å². The summed E-state index contributed by atoms with van der Waals surface area (Å²) in [6.07, 6.45) is 1.51. The van der Waals surface area contributed by atoms with Crippen LogP contribution in [0.3, 0.4) is 0 Å². The molecule has 0 radical (unpaired) electrons. The van der Waals surface area contributed by atoms with Crippen LogP contribution in [0.4, 0.5) is 0 Å². The zero-order valence-electron chi connectivity index (χ0n) is 15.3. The van der Waals surface area contributed by atoms with Crippen LogP contribution in [0.25, 0.3) is 10.9 Å². The molecule has 4 rings (SSSR count). The van der Waals surface area contributed by atoms with Gasteiger partial charge in [-0.2, -0.15) is 0 Å². The van der Waals surface area contributed by atoms with Crippen LogP contribution in [0.2, 0.25) is 0 Å². The van der Waals surface area contributed by atoms with Gasteiger partial charge >= 0.3 is 5.69 Å². The summed E-state index contributed by atoms with van der Waals surface area (Å²) in [5.74, 6) is 0.517. The number of quaternary nitrogens is 1. The molecule has 27 heavy (non-hydrogen) atoms. The summed E-state index contributed by atoms with van der Waals surface area (Å²) in [6.45, 7) is 3.03. The van der Waals surface area contributed by atoms with Crippen molar-refractivity contribution in [1.29, 1.82) is 0 Å². The zero-order chi connectivity index (χ0) is 19.1. The van der Waals surface area contributed by atoms with Crippen molar-refractivity contribution < 1.29 is 15.2 Å². The lowest BCUT2D eigenvalue weighted by molar-refractivity contribution is -0.690. The molecule has 8 heteroatoms. The Bertz CT molecular complexity index is 1130. The fraction of sp³-hybridized carbons (Fsp3) is 0.368. The van der Waals surface area contributed by atoms with E-state index < -0.39 is 17.3 Å². The first-order chi connectivity index (χ1) is 13.0. The number of nitrogens with one attached hydrogen (secondary N) is 2. The molecule has 8 nitrogen and oxygen atoms in total. The molecule has 0 amide bonds. The van der Waals surface area contributed by atoms with Crippen LogP contribution in [0, 0.1) is 0 Å². The second-order valence-corrected chi connectivity index (χ2v) is 6.83. The van der Waals surface area contributed by atoms with E-state index in [1.54, 1.807) is 7.11 Å². The van der Waals surface area contributed by atoms with Gasteiger partial charge in [-0.3, -0.25) is 14.3 Å². The van der Waals surface area contributed by atoms with Crippen LogP contribution in [0.15, 0.2) is 27.8 Å². The molecular weight excluding hydrogens is 348 g/mol. The summed E-state index contributed by atoms with van der Waals surface area (Å²) in [5.41, 5.74) is 2.03. The van der Waals surface area contributed by atoms with Gasteiger partial charge in [0.2, 0.25) is 5.88 Å². The SMILES string of the molecule is CCCn1c(O)c([C@H]2[NH2+]CCc3c2[nH]c2ccc(OC)cc32)c(=O)[nH]c1=O.